The van der Waals surface area contributed by atoms with E-state index in [0.717, 1.165) is 16.8 Å². The normalized spacial score (nSPS) is 11.7. The molecule has 0 radical (unpaired) electrons. The van der Waals surface area contributed by atoms with Crippen LogP contribution in [0, 0.1) is 18.3 Å². The van der Waals surface area contributed by atoms with Crippen LogP contribution in [0.2, 0.25) is 5.02 Å². The van der Waals surface area contributed by atoms with Gasteiger partial charge in [0.15, 0.2) is 11.7 Å². The molecule has 0 saturated carbocycles. The van der Waals surface area contributed by atoms with E-state index in [1.807, 2.05) is 36.6 Å². The van der Waals surface area contributed by atoms with Crippen LogP contribution < -0.4 is 0 Å². The van der Waals surface area contributed by atoms with Crippen molar-refractivity contribution >= 4 is 28.7 Å². The zero-order chi connectivity index (χ0) is 17.1. The van der Waals surface area contributed by atoms with Crippen LogP contribution in [0.4, 0.5) is 0 Å². The van der Waals surface area contributed by atoms with Gasteiger partial charge < -0.3 is 0 Å². The van der Waals surface area contributed by atoms with Gasteiger partial charge in [0.25, 0.3) is 0 Å². The number of hydrogen-bond acceptors (Lipinski definition) is 4. The summed E-state index contributed by atoms with van der Waals surface area (Å²) in [5, 5.41) is 12.2. The standard InChI is InChI=1S/C19H13ClN2OS/c1-12-5-4-6-13(9-12)17-11-24-19(22-17)15(10-21)18(23)14-7-2-3-8-16(14)20/h2-9,11,15H,1H3. The third-order valence-electron chi connectivity index (χ3n) is 3.61. The molecule has 118 valence electrons. The van der Waals surface area contributed by atoms with Crippen molar-refractivity contribution in [2.24, 2.45) is 0 Å². The Balaban J connectivity index is 1.94. The van der Waals surface area contributed by atoms with E-state index >= 15 is 0 Å². The van der Waals surface area contributed by atoms with Crippen LogP contribution in [-0.2, 0) is 0 Å². The Bertz CT molecular complexity index is 942. The van der Waals surface area contributed by atoms with E-state index in [1.54, 1.807) is 24.3 Å². The second kappa shape index (κ2) is 6.96. The van der Waals surface area contributed by atoms with Crippen LogP contribution >= 0.6 is 22.9 Å². The molecule has 1 unspecified atom stereocenters. The van der Waals surface area contributed by atoms with Gasteiger partial charge in [-0.2, -0.15) is 5.26 Å². The average molecular weight is 353 g/mol. The molecule has 1 aromatic heterocycles. The van der Waals surface area contributed by atoms with Crippen molar-refractivity contribution in [1.82, 2.24) is 4.98 Å². The molecule has 2 aromatic carbocycles. The highest BCUT2D eigenvalue weighted by Crippen LogP contribution is 2.30. The van der Waals surface area contributed by atoms with Crippen molar-refractivity contribution < 1.29 is 4.79 Å². The molecule has 0 amide bonds. The third-order valence-corrected chi connectivity index (χ3v) is 4.85. The molecule has 3 rings (SSSR count). The molecule has 24 heavy (non-hydrogen) atoms. The molecule has 0 bridgehead atoms. The molecule has 0 aliphatic rings. The van der Waals surface area contributed by atoms with Gasteiger partial charge in [-0.05, 0) is 25.1 Å². The molecule has 3 nitrogen and oxygen atoms in total. The number of aromatic nitrogens is 1. The Morgan fingerprint density at radius 3 is 2.75 bits per heavy atom. The Labute approximate surface area is 149 Å². The van der Waals surface area contributed by atoms with Crippen LogP contribution in [-0.4, -0.2) is 10.8 Å². The van der Waals surface area contributed by atoms with Crippen molar-refractivity contribution in [1.29, 1.82) is 5.26 Å². The molecule has 5 heteroatoms. The first-order valence-electron chi connectivity index (χ1n) is 7.31. The van der Waals surface area contributed by atoms with E-state index in [2.05, 4.69) is 11.1 Å². The van der Waals surface area contributed by atoms with E-state index in [4.69, 9.17) is 11.6 Å². The van der Waals surface area contributed by atoms with Gasteiger partial charge in [-0.15, -0.1) is 11.3 Å². The van der Waals surface area contributed by atoms with Gasteiger partial charge in [0.05, 0.1) is 16.8 Å². The highest BCUT2D eigenvalue weighted by molar-refractivity contribution is 7.10. The number of ketones is 1. The van der Waals surface area contributed by atoms with Crippen molar-refractivity contribution in [2.75, 3.05) is 0 Å². The predicted molar refractivity (Wildman–Crippen MR) is 96.4 cm³/mol. The summed E-state index contributed by atoms with van der Waals surface area (Å²) in [5.74, 6) is -1.28. The molecule has 0 N–H and O–H groups in total. The smallest absolute Gasteiger partial charge is 0.188 e. The minimum absolute atomic E-state index is 0.326. The van der Waals surface area contributed by atoms with E-state index in [0.29, 0.717) is 15.6 Å². The van der Waals surface area contributed by atoms with Crippen LogP contribution in [0.25, 0.3) is 11.3 Å². The second-order valence-electron chi connectivity index (χ2n) is 5.35. The first kappa shape index (κ1) is 16.4. The molecule has 0 saturated heterocycles. The number of benzene rings is 2. The topological polar surface area (TPSA) is 53.8 Å². The van der Waals surface area contributed by atoms with E-state index < -0.39 is 5.92 Å². The molecule has 1 atom stereocenters. The summed E-state index contributed by atoms with van der Waals surface area (Å²) in [4.78, 5) is 17.2. The lowest BCUT2D eigenvalue weighted by molar-refractivity contribution is 0.0979. The minimum atomic E-state index is -0.951. The number of carbonyl (C=O) groups excluding carboxylic acids is 1. The van der Waals surface area contributed by atoms with Crippen LogP contribution in [0.3, 0.4) is 0 Å². The van der Waals surface area contributed by atoms with Gasteiger partial charge in [0.2, 0.25) is 0 Å². The molecule has 0 aliphatic carbocycles. The summed E-state index contributed by atoms with van der Waals surface area (Å²) in [7, 11) is 0. The second-order valence-corrected chi connectivity index (χ2v) is 6.64. The molecule has 3 aromatic rings. The maximum Gasteiger partial charge on any atom is 0.188 e. The van der Waals surface area contributed by atoms with Crippen molar-refractivity contribution in [3.8, 4) is 17.3 Å². The highest BCUT2D eigenvalue weighted by atomic mass is 35.5. The van der Waals surface area contributed by atoms with Gasteiger partial charge in [-0.3, -0.25) is 4.79 Å². The summed E-state index contributed by atoms with van der Waals surface area (Å²) in [6.45, 7) is 2.01. The number of carbonyl (C=O) groups is 1. The van der Waals surface area contributed by atoms with Gasteiger partial charge >= 0.3 is 0 Å². The Kier molecular flexibility index (Phi) is 4.75. The van der Waals surface area contributed by atoms with Crippen molar-refractivity contribution in [3.05, 3.63) is 75.1 Å². The lowest BCUT2D eigenvalue weighted by Gasteiger charge is -2.06. The number of Topliss-reactive ketones (excluding diaryl/α,β-unsaturated/α-hetero) is 1. The Morgan fingerprint density at radius 2 is 2.04 bits per heavy atom. The SMILES string of the molecule is Cc1cccc(-c2csc(C(C#N)C(=O)c3ccccc3Cl)n2)c1. The summed E-state index contributed by atoms with van der Waals surface area (Å²) in [5.41, 5.74) is 3.22. The van der Waals surface area contributed by atoms with Gasteiger partial charge in [-0.25, -0.2) is 4.98 Å². The van der Waals surface area contributed by atoms with E-state index in [1.165, 1.54) is 11.3 Å². The number of thiazole rings is 1. The number of halogens is 1. The summed E-state index contributed by atoms with van der Waals surface area (Å²) in [6, 6.07) is 16.8. The molecule has 1 heterocycles. The molecule has 0 aliphatic heterocycles. The lowest BCUT2D eigenvalue weighted by atomic mass is 9.99. The Hall–Kier alpha value is -2.48. The van der Waals surface area contributed by atoms with Gasteiger partial charge in [-0.1, -0.05) is 47.5 Å². The van der Waals surface area contributed by atoms with E-state index in [-0.39, 0.29) is 5.78 Å². The van der Waals surface area contributed by atoms with Crippen LogP contribution in [0.15, 0.2) is 53.9 Å². The quantitative estimate of drug-likeness (QED) is 0.601. The predicted octanol–water partition coefficient (Wildman–Crippen LogP) is 5.26. The fraction of sp³-hybridized carbons (Fsp3) is 0.105. The number of nitrogens with zero attached hydrogens (tertiary/aromatic N) is 2. The third kappa shape index (κ3) is 3.23. The largest absolute Gasteiger partial charge is 0.292 e. The molecular formula is C19H13ClN2OS. The van der Waals surface area contributed by atoms with E-state index in [9.17, 15) is 10.1 Å². The van der Waals surface area contributed by atoms with Crippen LogP contribution in [0.5, 0.6) is 0 Å². The zero-order valence-corrected chi connectivity index (χ0v) is 14.4. The fourth-order valence-electron chi connectivity index (χ4n) is 2.40. The minimum Gasteiger partial charge on any atom is -0.292 e. The summed E-state index contributed by atoms with van der Waals surface area (Å²) in [6.07, 6.45) is 0. The Morgan fingerprint density at radius 1 is 1.25 bits per heavy atom. The summed E-state index contributed by atoms with van der Waals surface area (Å²) >= 11 is 7.39. The van der Waals surface area contributed by atoms with Crippen LogP contribution in [0.1, 0.15) is 26.8 Å². The zero-order valence-electron chi connectivity index (χ0n) is 12.9. The lowest BCUT2D eigenvalue weighted by Crippen LogP contribution is -2.11. The summed E-state index contributed by atoms with van der Waals surface area (Å²) < 4.78 is 0. The fourth-order valence-corrected chi connectivity index (χ4v) is 3.50. The highest BCUT2D eigenvalue weighted by Gasteiger charge is 2.26. The van der Waals surface area contributed by atoms with Crippen molar-refractivity contribution in [2.45, 2.75) is 12.8 Å². The number of rotatable bonds is 4. The first-order valence-corrected chi connectivity index (χ1v) is 8.56. The monoisotopic (exact) mass is 352 g/mol. The number of aryl methyl sites for hydroxylation is 1. The number of hydrogen-bond donors (Lipinski definition) is 0. The first-order chi connectivity index (χ1) is 11.6. The molecular weight excluding hydrogens is 340 g/mol. The maximum absolute atomic E-state index is 12.7. The van der Waals surface area contributed by atoms with Gasteiger partial charge in [0.1, 0.15) is 5.01 Å². The average Bonchev–Trinajstić information content (AvgIpc) is 3.05. The maximum atomic E-state index is 12.7. The van der Waals surface area contributed by atoms with Gasteiger partial charge in [0, 0.05) is 16.5 Å². The molecule has 0 spiro atoms. The number of nitriles is 1. The molecule has 0 fully saturated rings. The van der Waals surface area contributed by atoms with Crippen molar-refractivity contribution in [3.63, 3.8) is 0 Å².